The number of aromatic nitrogens is 1. The van der Waals surface area contributed by atoms with E-state index in [0.717, 1.165) is 47.8 Å². The minimum Gasteiger partial charge on any atom is -0.465 e. The summed E-state index contributed by atoms with van der Waals surface area (Å²) in [5.41, 5.74) is -10.2. The molecule has 2 aromatic rings. The number of carbonyl (C=O) groups excluding carboxylic acids is 8. The average molecular weight is 858 g/mol. The van der Waals surface area contributed by atoms with Gasteiger partial charge in [-0.15, -0.1) is 0 Å². The zero-order valence-electron chi connectivity index (χ0n) is 34.7. The molecule has 0 aromatic carbocycles. The van der Waals surface area contributed by atoms with Crippen LogP contribution in [0.25, 0.3) is 0 Å². The van der Waals surface area contributed by atoms with Crippen LogP contribution in [0.5, 0.6) is 0 Å². The minimum absolute atomic E-state index is 0.0151. The van der Waals surface area contributed by atoms with Gasteiger partial charge in [0.2, 0.25) is 5.76 Å². The molecule has 330 valence electrons. The van der Waals surface area contributed by atoms with E-state index < -0.39 is 137 Å². The van der Waals surface area contributed by atoms with Crippen molar-refractivity contribution in [1.29, 1.82) is 0 Å². The van der Waals surface area contributed by atoms with E-state index in [1.807, 2.05) is 0 Å². The number of aryl methyl sites for hydroxylation is 1. The predicted octanol–water partition coefficient (Wildman–Crippen LogP) is 1.75. The standard InChI is InChI=1S/C41H47NO19/c1-19-13-14-26-25(11-9-15-42-26)36(49)54-17-38(7)28-29(55-21(3)44)33(57-23(5)46)40(18-53-20(2)43)34(58-24(6)47)30(59-37(50)27-12-10-16-52-27)32(60-35(19)48)39(8,51)41(40,61-38)31(28)56-22(4)45/h9-12,15-16,19,28-34,51H,13-14,17-18H2,1-8H3/t19-,28+,29+,30+,31-,32-,33+,34-,38+,39+,40+,41-/m1/s1. The summed E-state index contributed by atoms with van der Waals surface area (Å²) < 4.78 is 60.2. The van der Waals surface area contributed by atoms with Crippen molar-refractivity contribution >= 4 is 47.8 Å². The first-order valence-corrected chi connectivity index (χ1v) is 19.4. The van der Waals surface area contributed by atoms with Crippen molar-refractivity contribution in [2.24, 2.45) is 17.3 Å². The Balaban J connectivity index is 1.77. The minimum atomic E-state index is -2.88. The number of furan rings is 1. The van der Waals surface area contributed by atoms with Gasteiger partial charge in [-0.05, 0) is 51.0 Å². The van der Waals surface area contributed by atoms with Gasteiger partial charge < -0.3 is 52.2 Å². The quantitative estimate of drug-likeness (QED) is 0.293. The fraction of sp³-hybridized carbons (Fsp3) is 0.585. The van der Waals surface area contributed by atoms with Gasteiger partial charge in [0.15, 0.2) is 30.0 Å². The zero-order chi connectivity index (χ0) is 44.8. The van der Waals surface area contributed by atoms with Gasteiger partial charge in [0.25, 0.3) is 0 Å². The molecule has 12 atom stereocenters. The van der Waals surface area contributed by atoms with E-state index in [4.69, 9.17) is 47.0 Å². The summed E-state index contributed by atoms with van der Waals surface area (Å²) in [6, 6.07) is 5.53. The molecule has 3 fully saturated rings. The lowest BCUT2D eigenvalue weighted by Crippen LogP contribution is -2.89. The molecule has 6 rings (SSSR count). The highest BCUT2D eigenvalue weighted by atomic mass is 16.7. The number of hydrogen-bond donors (Lipinski definition) is 1. The summed E-state index contributed by atoms with van der Waals surface area (Å²) in [5, 5.41) is 13.6. The van der Waals surface area contributed by atoms with Gasteiger partial charge in [-0.3, -0.25) is 33.8 Å². The van der Waals surface area contributed by atoms with Crippen molar-refractivity contribution < 1.29 is 90.5 Å². The number of hydrogen-bond acceptors (Lipinski definition) is 20. The van der Waals surface area contributed by atoms with Gasteiger partial charge >= 0.3 is 47.8 Å². The molecule has 0 radical (unpaired) electrons. The summed E-state index contributed by atoms with van der Waals surface area (Å²) in [7, 11) is 0. The van der Waals surface area contributed by atoms with Crippen molar-refractivity contribution in [3.05, 3.63) is 53.7 Å². The number of ether oxygens (including phenoxy) is 9. The number of pyridine rings is 1. The Morgan fingerprint density at radius 3 is 2.03 bits per heavy atom. The predicted molar refractivity (Wildman–Crippen MR) is 197 cm³/mol. The first kappa shape index (κ1) is 44.7. The second-order valence-corrected chi connectivity index (χ2v) is 16.0. The molecule has 2 aromatic heterocycles. The van der Waals surface area contributed by atoms with Gasteiger partial charge in [0, 0.05) is 40.8 Å². The summed E-state index contributed by atoms with van der Waals surface area (Å²) in [6.07, 6.45) is -9.67. The maximum Gasteiger partial charge on any atom is 0.374 e. The molecule has 0 amide bonds. The molecule has 20 nitrogen and oxygen atoms in total. The SMILES string of the molecule is CC(=O)OC[C@]12[C@H](OC(C)=O)[C@@H](OC(=O)c3ccco3)[C@H]3OC(=O)[C@H](C)CCc4ncccc4C(=O)OC[C@]4(C)O[C@]1([C@H](OC(C)=O)[C@@H]4[C@H](OC(C)=O)[C@@H]2OC(C)=O)[C@@]3(C)O. The van der Waals surface area contributed by atoms with Gasteiger partial charge in [-0.25, -0.2) is 9.59 Å². The molecule has 1 spiro atoms. The Morgan fingerprint density at radius 1 is 0.820 bits per heavy atom. The van der Waals surface area contributed by atoms with Crippen LogP contribution in [0, 0.1) is 17.3 Å². The number of fused-ring (bicyclic) bond motifs is 5. The Bertz CT molecular complexity index is 2100. The summed E-state index contributed by atoms with van der Waals surface area (Å²) in [6.45, 7) is 7.02. The third-order valence-corrected chi connectivity index (χ3v) is 11.8. The second-order valence-electron chi connectivity index (χ2n) is 16.0. The smallest absolute Gasteiger partial charge is 0.374 e. The topological polar surface area (TPSA) is 266 Å². The van der Waals surface area contributed by atoms with E-state index in [2.05, 4.69) is 4.98 Å². The van der Waals surface area contributed by atoms with E-state index >= 15 is 0 Å². The lowest BCUT2D eigenvalue weighted by Gasteiger charge is -2.67. The van der Waals surface area contributed by atoms with Crippen molar-refractivity contribution in [1.82, 2.24) is 4.98 Å². The maximum absolute atomic E-state index is 14.3. The van der Waals surface area contributed by atoms with Crippen molar-refractivity contribution in [2.45, 2.75) is 122 Å². The van der Waals surface area contributed by atoms with Crippen LogP contribution in [0.4, 0.5) is 0 Å². The molecule has 61 heavy (non-hydrogen) atoms. The van der Waals surface area contributed by atoms with Gasteiger partial charge in [0.05, 0.1) is 29.4 Å². The normalized spacial score (nSPS) is 35.4. The molecular weight excluding hydrogens is 810 g/mol. The summed E-state index contributed by atoms with van der Waals surface area (Å²) in [4.78, 5) is 113. The Kier molecular flexibility index (Phi) is 12.1. The number of nitrogens with zero attached hydrogens (tertiary/aromatic N) is 1. The Labute approximate surface area is 348 Å². The molecule has 2 aliphatic heterocycles. The zero-order valence-corrected chi connectivity index (χ0v) is 34.7. The van der Waals surface area contributed by atoms with Crippen LogP contribution in [0.2, 0.25) is 0 Å². The van der Waals surface area contributed by atoms with Crippen LogP contribution in [-0.2, 0) is 77.8 Å². The molecular formula is C41H47NO19. The van der Waals surface area contributed by atoms with Gasteiger partial charge in [0.1, 0.15) is 42.0 Å². The molecule has 20 heteroatoms. The first-order valence-electron chi connectivity index (χ1n) is 19.4. The molecule has 2 saturated carbocycles. The first-order chi connectivity index (χ1) is 28.6. The van der Waals surface area contributed by atoms with Crippen LogP contribution in [0.3, 0.4) is 0 Å². The van der Waals surface area contributed by atoms with Crippen LogP contribution < -0.4 is 0 Å². The molecule has 4 aliphatic rings. The largest absolute Gasteiger partial charge is 0.465 e. The van der Waals surface area contributed by atoms with Crippen molar-refractivity contribution in [3.8, 4) is 0 Å². The fourth-order valence-corrected chi connectivity index (χ4v) is 9.54. The molecule has 1 N–H and O–H groups in total. The van der Waals surface area contributed by atoms with E-state index in [-0.39, 0.29) is 24.1 Å². The van der Waals surface area contributed by atoms with Gasteiger partial charge in [-0.1, -0.05) is 6.92 Å². The number of carbonyl (C=O) groups is 8. The molecule has 4 heterocycles. The van der Waals surface area contributed by atoms with E-state index in [1.165, 1.54) is 44.3 Å². The number of esters is 8. The van der Waals surface area contributed by atoms with Gasteiger partial charge in [-0.2, -0.15) is 0 Å². The van der Waals surface area contributed by atoms with E-state index in [9.17, 15) is 43.5 Å². The molecule has 1 saturated heterocycles. The Morgan fingerprint density at radius 2 is 1.44 bits per heavy atom. The number of cyclic esters (lactones) is 1. The second kappa shape index (κ2) is 16.5. The highest BCUT2D eigenvalue weighted by Gasteiger charge is 2.92. The summed E-state index contributed by atoms with van der Waals surface area (Å²) in [5.74, 6) is -11.3. The average Bonchev–Trinajstić information content (AvgIpc) is 3.79. The highest BCUT2D eigenvalue weighted by Crippen LogP contribution is 2.70. The summed E-state index contributed by atoms with van der Waals surface area (Å²) >= 11 is 0. The maximum atomic E-state index is 14.3. The van der Waals surface area contributed by atoms with E-state index in [1.54, 1.807) is 0 Å². The Hall–Kier alpha value is -5.89. The van der Waals surface area contributed by atoms with Crippen molar-refractivity contribution in [2.75, 3.05) is 13.2 Å². The molecule has 0 unspecified atom stereocenters. The third kappa shape index (κ3) is 7.59. The van der Waals surface area contributed by atoms with Crippen LogP contribution >= 0.6 is 0 Å². The van der Waals surface area contributed by atoms with Crippen LogP contribution in [0.1, 0.15) is 88.4 Å². The number of aliphatic hydroxyl groups is 1. The monoisotopic (exact) mass is 857 g/mol. The fourth-order valence-electron chi connectivity index (χ4n) is 9.54. The van der Waals surface area contributed by atoms with Crippen LogP contribution in [-0.4, -0.2) is 124 Å². The van der Waals surface area contributed by atoms with Crippen molar-refractivity contribution in [3.63, 3.8) is 0 Å². The lowest BCUT2D eigenvalue weighted by atomic mass is 9.45. The molecule has 2 aliphatic carbocycles. The molecule has 4 bridgehead atoms. The van der Waals surface area contributed by atoms with E-state index in [0.29, 0.717) is 0 Å². The third-order valence-electron chi connectivity index (χ3n) is 11.8. The van der Waals surface area contributed by atoms with Crippen LogP contribution in [0.15, 0.2) is 41.1 Å². The number of rotatable bonds is 8. The lowest BCUT2D eigenvalue weighted by molar-refractivity contribution is -0.386. The highest BCUT2D eigenvalue weighted by molar-refractivity contribution is 5.90.